The molecule has 0 fully saturated rings. The monoisotopic (exact) mass is 261 g/mol. The molecule has 0 heterocycles. The summed E-state index contributed by atoms with van der Waals surface area (Å²) in [6.45, 7) is 0.376. The molecule has 0 atom stereocenters. The van der Waals surface area contributed by atoms with E-state index >= 15 is 0 Å². The number of benzene rings is 2. The van der Waals surface area contributed by atoms with Crippen molar-refractivity contribution in [1.82, 2.24) is 5.32 Å². The van der Waals surface area contributed by atoms with Gasteiger partial charge in [0.05, 0.1) is 23.3 Å². The maximum absolute atomic E-state index is 11.9. The Morgan fingerprint density at radius 3 is 2.35 bits per heavy atom. The molecule has 1 amide bonds. The summed E-state index contributed by atoms with van der Waals surface area (Å²) in [7, 11) is 0. The molecular weight excluding hydrogens is 250 g/mol. The highest BCUT2D eigenvalue weighted by Crippen LogP contribution is 2.06. The van der Waals surface area contributed by atoms with Crippen molar-refractivity contribution in [3.8, 4) is 12.1 Å². The summed E-state index contributed by atoms with van der Waals surface area (Å²) < 4.78 is 0. The fourth-order valence-corrected chi connectivity index (χ4v) is 1.71. The number of rotatable bonds is 3. The van der Waals surface area contributed by atoms with Gasteiger partial charge >= 0.3 is 0 Å². The van der Waals surface area contributed by atoms with Crippen LogP contribution in [-0.2, 0) is 6.54 Å². The molecule has 0 spiro atoms. The van der Waals surface area contributed by atoms with Crippen molar-refractivity contribution in [3.63, 3.8) is 0 Å². The molecule has 0 saturated carbocycles. The molecule has 0 saturated heterocycles. The molecule has 0 aliphatic carbocycles. The Balaban J connectivity index is 2.01. The maximum atomic E-state index is 11.9. The Bertz CT molecular complexity index is 706. The van der Waals surface area contributed by atoms with Gasteiger partial charge in [-0.05, 0) is 35.9 Å². The third kappa shape index (κ3) is 3.22. The fourth-order valence-electron chi connectivity index (χ4n) is 1.71. The average Bonchev–Trinajstić information content (AvgIpc) is 2.53. The fraction of sp³-hybridized carbons (Fsp3) is 0.0625. The lowest BCUT2D eigenvalue weighted by molar-refractivity contribution is 0.0951. The highest BCUT2D eigenvalue weighted by molar-refractivity contribution is 5.94. The van der Waals surface area contributed by atoms with Crippen LogP contribution < -0.4 is 5.32 Å². The summed E-state index contributed by atoms with van der Waals surface area (Å²) in [6, 6.07) is 17.6. The number of nitriles is 2. The number of carbonyl (C=O) groups is 1. The Kier molecular flexibility index (Phi) is 4.11. The normalized spacial score (nSPS) is 9.30. The Morgan fingerprint density at radius 2 is 1.70 bits per heavy atom. The van der Waals surface area contributed by atoms with Crippen LogP contribution in [-0.4, -0.2) is 5.91 Å². The lowest BCUT2D eigenvalue weighted by Crippen LogP contribution is -2.22. The maximum Gasteiger partial charge on any atom is 0.251 e. The van der Waals surface area contributed by atoms with Gasteiger partial charge in [0.25, 0.3) is 5.91 Å². The third-order valence-corrected chi connectivity index (χ3v) is 2.79. The van der Waals surface area contributed by atoms with Gasteiger partial charge in [-0.1, -0.05) is 18.2 Å². The molecular formula is C16H11N3O. The summed E-state index contributed by atoms with van der Waals surface area (Å²) in [5.41, 5.74) is 2.41. The summed E-state index contributed by atoms with van der Waals surface area (Å²) in [5, 5.41) is 20.3. The van der Waals surface area contributed by atoms with E-state index in [2.05, 4.69) is 5.32 Å². The molecule has 4 heteroatoms. The molecule has 20 heavy (non-hydrogen) atoms. The molecule has 0 radical (unpaired) electrons. The SMILES string of the molecule is N#Cc1ccc(CNC(=O)c2cccc(C#N)c2)cc1. The van der Waals surface area contributed by atoms with E-state index in [0.29, 0.717) is 23.2 Å². The van der Waals surface area contributed by atoms with Gasteiger partial charge in [-0.25, -0.2) is 0 Å². The molecule has 96 valence electrons. The first-order valence-electron chi connectivity index (χ1n) is 6.00. The molecule has 1 N–H and O–H groups in total. The first-order valence-corrected chi connectivity index (χ1v) is 6.00. The summed E-state index contributed by atoms with van der Waals surface area (Å²) in [6.07, 6.45) is 0. The smallest absolute Gasteiger partial charge is 0.251 e. The first kappa shape index (κ1) is 13.3. The van der Waals surface area contributed by atoms with Crippen LogP contribution in [0.4, 0.5) is 0 Å². The minimum absolute atomic E-state index is 0.230. The lowest BCUT2D eigenvalue weighted by Gasteiger charge is -2.05. The predicted molar refractivity (Wildman–Crippen MR) is 73.5 cm³/mol. The van der Waals surface area contributed by atoms with Crippen molar-refractivity contribution < 1.29 is 4.79 Å². The van der Waals surface area contributed by atoms with Crippen molar-refractivity contribution in [3.05, 3.63) is 70.8 Å². The van der Waals surface area contributed by atoms with Gasteiger partial charge in [-0.3, -0.25) is 4.79 Å². The van der Waals surface area contributed by atoms with Crippen LogP contribution in [0.1, 0.15) is 27.0 Å². The van der Waals surface area contributed by atoms with Gasteiger partial charge in [-0.2, -0.15) is 10.5 Å². The van der Waals surface area contributed by atoms with E-state index in [1.54, 1.807) is 48.5 Å². The van der Waals surface area contributed by atoms with Crippen molar-refractivity contribution in [2.45, 2.75) is 6.54 Å². The van der Waals surface area contributed by atoms with Crippen LogP contribution in [0.3, 0.4) is 0 Å². The zero-order valence-corrected chi connectivity index (χ0v) is 10.6. The molecule has 0 unspecified atom stereocenters. The van der Waals surface area contributed by atoms with Crippen LogP contribution in [0, 0.1) is 22.7 Å². The second-order valence-electron chi connectivity index (χ2n) is 4.18. The van der Waals surface area contributed by atoms with Gasteiger partial charge in [0.15, 0.2) is 0 Å². The molecule has 0 aliphatic heterocycles. The van der Waals surface area contributed by atoms with Crippen molar-refractivity contribution in [1.29, 1.82) is 10.5 Å². The minimum atomic E-state index is -0.230. The standard InChI is InChI=1S/C16H11N3O/c17-9-12-4-6-13(7-5-12)11-19-16(20)15-3-1-2-14(8-15)10-18/h1-8H,11H2,(H,19,20). The van der Waals surface area contributed by atoms with E-state index in [1.807, 2.05) is 12.1 Å². The van der Waals surface area contributed by atoms with Crippen LogP contribution in [0.15, 0.2) is 48.5 Å². The highest BCUT2D eigenvalue weighted by Gasteiger charge is 2.05. The van der Waals surface area contributed by atoms with Gasteiger partial charge < -0.3 is 5.32 Å². The average molecular weight is 261 g/mol. The number of nitrogens with zero attached hydrogens (tertiary/aromatic N) is 2. The number of hydrogen-bond donors (Lipinski definition) is 1. The number of carbonyl (C=O) groups excluding carboxylic acids is 1. The first-order chi connectivity index (χ1) is 9.72. The van der Waals surface area contributed by atoms with E-state index in [9.17, 15) is 4.79 Å². The molecule has 2 rings (SSSR count). The van der Waals surface area contributed by atoms with E-state index in [1.165, 1.54) is 0 Å². The predicted octanol–water partition coefficient (Wildman–Crippen LogP) is 2.36. The van der Waals surface area contributed by atoms with Gasteiger partial charge in [-0.15, -0.1) is 0 Å². The second-order valence-corrected chi connectivity index (χ2v) is 4.18. The van der Waals surface area contributed by atoms with Crippen molar-refractivity contribution in [2.75, 3.05) is 0 Å². The number of nitrogens with one attached hydrogen (secondary N) is 1. The lowest BCUT2D eigenvalue weighted by atomic mass is 10.1. The molecule has 2 aromatic carbocycles. The van der Waals surface area contributed by atoms with Crippen LogP contribution >= 0.6 is 0 Å². The van der Waals surface area contributed by atoms with Crippen LogP contribution in [0.25, 0.3) is 0 Å². The Labute approximate surface area is 116 Å². The molecule has 4 nitrogen and oxygen atoms in total. The van der Waals surface area contributed by atoms with E-state index in [4.69, 9.17) is 10.5 Å². The van der Waals surface area contributed by atoms with E-state index in [-0.39, 0.29) is 5.91 Å². The van der Waals surface area contributed by atoms with Gasteiger partial charge in [0.1, 0.15) is 0 Å². The third-order valence-electron chi connectivity index (χ3n) is 2.79. The largest absolute Gasteiger partial charge is 0.348 e. The molecule has 0 aliphatic rings. The zero-order valence-electron chi connectivity index (χ0n) is 10.6. The Hall–Kier alpha value is -3.11. The van der Waals surface area contributed by atoms with Crippen LogP contribution in [0.5, 0.6) is 0 Å². The minimum Gasteiger partial charge on any atom is -0.348 e. The summed E-state index contributed by atoms with van der Waals surface area (Å²) in [4.78, 5) is 11.9. The zero-order chi connectivity index (χ0) is 14.4. The molecule has 0 aromatic heterocycles. The van der Waals surface area contributed by atoms with Crippen LogP contribution in [0.2, 0.25) is 0 Å². The van der Waals surface area contributed by atoms with Crippen molar-refractivity contribution in [2.24, 2.45) is 0 Å². The quantitative estimate of drug-likeness (QED) is 0.921. The second kappa shape index (κ2) is 6.17. The number of amides is 1. The van der Waals surface area contributed by atoms with Gasteiger partial charge in [0.2, 0.25) is 0 Å². The van der Waals surface area contributed by atoms with Crippen molar-refractivity contribution >= 4 is 5.91 Å². The molecule has 0 bridgehead atoms. The number of hydrogen-bond acceptors (Lipinski definition) is 3. The van der Waals surface area contributed by atoms with E-state index in [0.717, 1.165) is 5.56 Å². The highest BCUT2D eigenvalue weighted by atomic mass is 16.1. The van der Waals surface area contributed by atoms with Gasteiger partial charge in [0, 0.05) is 12.1 Å². The summed E-state index contributed by atoms with van der Waals surface area (Å²) in [5.74, 6) is -0.230. The Morgan fingerprint density at radius 1 is 1.00 bits per heavy atom. The van der Waals surface area contributed by atoms with E-state index < -0.39 is 0 Å². The molecule has 2 aromatic rings. The topological polar surface area (TPSA) is 76.7 Å². The summed E-state index contributed by atoms with van der Waals surface area (Å²) >= 11 is 0.